The Hall–Kier alpha value is -1.49. The van der Waals surface area contributed by atoms with E-state index in [1.165, 1.54) is 12.8 Å². The Kier molecular flexibility index (Phi) is 4.93. The summed E-state index contributed by atoms with van der Waals surface area (Å²) >= 11 is 0. The molecule has 0 radical (unpaired) electrons. The van der Waals surface area contributed by atoms with Gasteiger partial charge in [0.25, 0.3) is 5.69 Å². The minimum absolute atomic E-state index is 0.189. The van der Waals surface area contributed by atoms with Crippen LogP contribution in [-0.2, 0) is 6.42 Å². The van der Waals surface area contributed by atoms with Gasteiger partial charge < -0.3 is 5.73 Å². The van der Waals surface area contributed by atoms with Crippen molar-refractivity contribution in [1.29, 1.82) is 0 Å². The van der Waals surface area contributed by atoms with Gasteiger partial charge in [-0.2, -0.15) is 0 Å². The van der Waals surface area contributed by atoms with Crippen molar-refractivity contribution in [3.05, 3.63) is 33.1 Å². The molecular weight excluding hydrogens is 266 g/mol. The van der Waals surface area contributed by atoms with Gasteiger partial charge in [0.05, 0.1) is 10.6 Å². The molecule has 3 atom stereocenters. The summed E-state index contributed by atoms with van der Waals surface area (Å²) in [4.78, 5) is 15.3. The minimum Gasteiger partial charge on any atom is -0.327 e. The fraction of sp³-hybridized carbons (Fsp3) is 0.688. The lowest BCUT2D eigenvalue weighted by Gasteiger charge is -2.33. The van der Waals surface area contributed by atoms with Gasteiger partial charge >= 0.3 is 0 Å². The highest BCUT2D eigenvalue weighted by atomic mass is 16.6. The average Bonchev–Trinajstić information content (AvgIpc) is 2.43. The molecule has 0 bridgehead atoms. The maximum absolute atomic E-state index is 11.2. The van der Waals surface area contributed by atoms with Gasteiger partial charge in [0.1, 0.15) is 0 Å². The first-order chi connectivity index (χ1) is 9.93. The van der Waals surface area contributed by atoms with Gasteiger partial charge in [-0.05, 0) is 51.4 Å². The van der Waals surface area contributed by atoms with Crippen LogP contribution in [0.25, 0.3) is 0 Å². The second-order valence-electron chi connectivity index (χ2n) is 6.33. The molecule has 2 rings (SSSR count). The zero-order valence-corrected chi connectivity index (χ0v) is 13.1. The number of nitrogens with zero attached hydrogens (tertiary/aromatic N) is 2. The molecule has 1 saturated carbocycles. The van der Waals surface area contributed by atoms with E-state index < -0.39 is 0 Å². The van der Waals surface area contributed by atoms with E-state index in [0.29, 0.717) is 17.0 Å². The predicted octanol–water partition coefficient (Wildman–Crippen LogP) is 3.30. The van der Waals surface area contributed by atoms with Crippen LogP contribution in [0.15, 0.2) is 6.20 Å². The van der Waals surface area contributed by atoms with Gasteiger partial charge in [-0.25, -0.2) is 0 Å². The summed E-state index contributed by atoms with van der Waals surface area (Å²) in [5.41, 5.74) is 8.63. The van der Waals surface area contributed by atoms with Crippen LogP contribution in [0.3, 0.4) is 0 Å². The fourth-order valence-corrected chi connectivity index (χ4v) is 3.49. The zero-order chi connectivity index (χ0) is 15.6. The number of rotatable bonds is 4. The molecule has 0 amide bonds. The van der Waals surface area contributed by atoms with E-state index in [1.54, 1.807) is 20.0 Å². The second-order valence-corrected chi connectivity index (χ2v) is 6.33. The van der Waals surface area contributed by atoms with Crippen LogP contribution in [0.5, 0.6) is 0 Å². The van der Waals surface area contributed by atoms with E-state index in [2.05, 4.69) is 11.9 Å². The van der Waals surface area contributed by atoms with Crippen LogP contribution in [0.2, 0.25) is 0 Å². The van der Waals surface area contributed by atoms with E-state index in [9.17, 15) is 10.1 Å². The van der Waals surface area contributed by atoms with Crippen molar-refractivity contribution in [2.75, 3.05) is 0 Å². The number of aromatic nitrogens is 1. The van der Waals surface area contributed by atoms with Crippen molar-refractivity contribution < 1.29 is 4.92 Å². The Morgan fingerprint density at radius 3 is 2.76 bits per heavy atom. The highest BCUT2D eigenvalue weighted by molar-refractivity contribution is 5.47. The Labute approximate surface area is 126 Å². The van der Waals surface area contributed by atoms with Crippen molar-refractivity contribution in [2.24, 2.45) is 17.6 Å². The summed E-state index contributed by atoms with van der Waals surface area (Å²) in [5, 5.41) is 11.2. The third-order valence-electron chi connectivity index (χ3n) is 4.94. The van der Waals surface area contributed by atoms with Crippen molar-refractivity contribution in [3.8, 4) is 0 Å². The lowest BCUT2D eigenvalue weighted by molar-refractivity contribution is -0.386. The van der Waals surface area contributed by atoms with Crippen LogP contribution in [-0.4, -0.2) is 15.9 Å². The quantitative estimate of drug-likeness (QED) is 0.681. The van der Waals surface area contributed by atoms with Crippen LogP contribution in [0, 0.1) is 35.8 Å². The number of hydrogen-bond donors (Lipinski definition) is 1. The maximum Gasteiger partial charge on any atom is 0.278 e. The number of nitrogens with two attached hydrogens (primary N) is 1. The van der Waals surface area contributed by atoms with Crippen molar-refractivity contribution >= 4 is 5.69 Å². The smallest absolute Gasteiger partial charge is 0.278 e. The predicted molar refractivity (Wildman–Crippen MR) is 83.2 cm³/mol. The van der Waals surface area contributed by atoms with Crippen LogP contribution < -0.4 is 5.73 Å². The summed E-state index contributed by atoms with van der Waals surface area (Å²) in [6, 6.07) is 0.189. The minimum atomic E-state index is -0.300. The average molecular weight is 291 g/mol. The molecule has 0 aliphatic heterocycles. The van der Waals surface area contributed by atoms with Gasteiger partial charge in [0.15, 0.2) is 0 Å². The second kappa shape index (κ2) is 6.52. The Morgan fingerprint density at radius 1 is 1.43 bits per heavy atom. The van der Waals surface area contributed by atoms with E-state index in [4.69, 9.17) is 5.73 Å². The number of hydrogen-bond acceptors (Lipinski definition) is 4. The van der Waals surface area contributed by atoms with Gasteiger partial charge in [0.2, 0.25) is 0 Å². The molecule has 5 nitrogen and oxygen atoms in total. The van der Waals surface area contributed by atoms with E-state index in [0.717, 1.165) is 30.9 Å². The van der Waals surface area contributed by atoms with Crippen molar-refractivity contribution in [2.45, 2.75) is 58.9 Å². The summed E-state index contributed by atoms with van der Waals surface area (Å²) in [6.07, 6.45) is 6.92. The molecule has 1 aromatic heterocycles. The number of aryl methyl sites for hydroxylation is 1. The number of nitro groups is 1. The van der Waals surface area contributed by atoms with E-state index in [-0.39, 0.29) is 16.7 Å². The van der Waals surface area contributed by atoms with Crippen LogP contribution >= 0.6 is 0 Å². The third kappa shape index (κ3) is 3.40. The molecule has 21 heavy (non-hydrogen) atoms. The van der Waals surface area contributed by atoms with Gasteiger partial charge in [-0.1, -0.05) is 13.3 Å². The molecule has 0 saturated heterocycles. The molecule has 1 aliphatic carbocycles. The molecule has 1 heterocycles. The molecule has 1 aromatic rings. The molecule has 3 unspecified atom stereocenters. The first-order valence-electron chi connectivity index (χ1n) is 7.79. The fourth-order valence-electron chi connectivity index (χ4n) is 3.49. The number of pyridine rings is 1. The van der Waals surface area contributed by atoms with Crippen molar-refractivity contribution in [1.82, 2.24) is 4.98 Å². The lowest BCUT2D eigenvalue weighted by atomic mass is 9.75. The molecule has 0 spiro atoms. The topological polar surface area (TPSA) is 82.0 Å². The van der Waals surface area contributed by atoms with E-state index in [1.807, 2.05) is 0 Å². The van der Waals surface area contributed by atoms with Gasteiger partial charge in [-0.15, -0.1) is 0 Å². The highest BCUT2D eigenvalue weighted by Crippen LogP contribution is 2.34. The molecule has 116 valence electrons. The monoisotopic (exact) mass is 291 g/mol. The normalized spacial score (nSPS) is 25.8. The summed E-state index contributed by atoms with van der Waals surface area (Å²) in [6.45, 7) is 5.76. The third-order valence-corrected chi connectivity index (χ3v) is 4.94. The molecule has 1 aliphatic rings. The molecule has 0 aromatic carbocycles. The Morgan fingerprint density at radius 2 is 2.14 bits per heavy atom. The molecule has 5 heteroatoms. The maximum atomic E-state index is 11.2. The SMILES string of the molecule is CCC1CCC(N)C(Cc2ncc(C)c([N+](=O)[O-])c2C)C1. The first-order valence-corrected chi connectivity index (χ1v) is 7.79. The Bertz CT molecular complexity index is 530. The van der Waals surface area contributed by atoms with Gasteiger partial charge in [-0.3, -0.25) is 15.1 Å². The lowest BCUT2D eigenvalue weighted by Crippen LogP contribution is -2.37. The molecule has 1 fully saturated rings. The van der Waals surface area contributed by atoms with Crippen LogP contribution in [0.1, 0.15) is 49.4 Å². The molecule has 2 N–H and O–H groups in total. The zero-order valence-electron chi connectivity index (χ0n) is 13.1. The largest absolute Gasteiger partial charge is 0.327 e. The summed E-state index contributed by atoms with van der Waals surface area (Å²) in [7, 11) is 0. The first kappa shape index (κ1) is 15.9. The van der Waals surface area contributed by atoms with Gasteiger partial charge in [0, 0.05) is 23.4 Å². The highest BCUT2D eigenvalue weighted by Gasteiger charge is 2.29. The Balaban J connectivity index is 2.23. The van der Waals surface area contributed by atoms with Crippen molar-refractivity contribution in [3.63, 3.8) is 0 Å². The standard InChI is InChI=1S/C16H25N3O2/c1-4-12-5-6-14(17)13(7-12)8-15-11(3)16(19(20)21)10(2)9-18-15/h9,12-14H,4-8,17H2,1-3H3. The summed E-state index contributed by atoms with van der Waals surface area (Å²) < 4.78 is 0. The molecular formula is C16H25N3O2. The van der Waals surface area contributed by atoms with E-state index >= 15 is 0 Å². The van der Waals surface area contributed by atoms with Crippen LogP contribution in [0.4, 0.5) is 5.69 Å². The summed E-state index contributed by atoms with van der Waals surface area (Å²) in [5.74, 6) is 1.12.